The first-order valence-electron chi connectivity index (χ1n) is 19.5. The third kappa shape index (κ3) is 38.2. The molecule has 4 heteroatoms. The lowest BCUT2D eigenvalue weighted by atomic mass is 10.0. The van der Waals surface area contributed by atoms with Crippen LogP contribution in [-0.4, -0.2) is 37.0 Å². The van der Waals surface area contributed by atoms with Gasteiger partial charge in [0.05, 0.1) is 13.2 Å². The molecule has 1 atom stereocenters. The molecule has 0 aliphatic rings. The number of allylic oxidation sites excluding steroid dienone is 12. The number of aliphatic hydroxyl groups excluding tert-OH is 1. The molecule has 0 aromatic carbocycles. The lowest BCUT2D eigenvalue weighted by molar-refractivity contribution is -0.154. The van der Waals surface area contributed by atoms with Gasteiger partial charge in [-0.2, -0.15) is 0 Å². The van der Waals surface area contributed by atoms with Gasteiger partial charge in [0.2, 0.25) is 0 Å². The molecule has 0 aromatic heterocycles. The first-order chi connectivity index (χ1) is 23.2. The molecule has 270 valence electrons. The maximum atomic E-state index is 12.1. The van der Waals surface area contributed by atoms with Crippen LogP contribution >= 0.6 is 0 Å². The van der Waals surface area contributed by atoms with Crippen molar-refractivity contribution in [3.8, 4) is 0 Å². The average Bonchev–Trinajstić information content (AvgIpc) is 3.08. The van der Waals surface area contributed by atoms with Gasteiger partial charge in [0.15, 0.2) is 0 Å². The third-order valence-electron chi connectivity index (χ3n) is 8.05. The highest BCUT2D eigenvalue weighted by Crippen LogP contribution is 2.13. The summed E-state index contributed by atoms with van der Waals surface area (Å²) in [5, 5.41) is 9.56. The fourth-order valence-electron chi connectivity index (χ4n) is 5.15. The van der Waals surface area contributed by atoms with Crippen LogP contribution in [0.5, 0.6) is 0 Å². The summed E-state index contributed by atoms with van der Waals surface area (Å²) in [6.07, 6.45) is 53.8. The van der Waals surface area contributed by atoms with Gasteiger partial charge in [-0.15, -0.1) is 0 Å². The van der Waals surface area contributed by atoms with Crippen LogP contribution in [0, 0.1) is 0 Å². The lowest BCUT2D eigenvalue weighted by Gasteiger charge is -2.15. The highest BCUT2D eigenvalue weighted by atomic mass is 16.6. The number of aliphatic hydroxyl groups is 1. The number of rotatable bonds is 35. The van der Waals surface area contributed by atoms with E-state index in [9.17, 15) is 9.90 Å². The molecular weight excluding hydrogens is 580 g/mol. The summed E-state index contributed by atoms with van der Waals surface area (Å²) in [5.41, 5.74) is 0. The number of hydrogen-bond donors (Lipinski definition) is 1. The predicted octanol–water partition coefficient (Wildman–Crippen LogP) is 12.6. The van der Waals surface area contributed by atoms with Crippen LogP contribution in [0.25, 0.3) is 0 Å². The van der Waals surface area contributed by atoms with Gasteiger partial charge in [0.1, 0.15) is 6.10 Å². The topological polar surface area (TPSA) is 55.8 Å². The fraction of sp³-hybridized carbons (Fsp3) is 0.698. The minimum absolute atomic E-state index is 0.187. The Labute approximate surface area is 291 Å². The van der Waals surface area contributed by atoms with Crippen molar-refractivity contribution in [1.82, 2.24) is 0 Å². The predicted molar refractivity (Wildman–Crippen MR) is 205 cm³/mol. The third-order valence-corrected chi connectivity index (χ3v) is 8.05. The second-order valence-corrected chi connectivity index (χ2v) is 12.6. The Hall–Kier alpha value is -2.17. The van der Waals surface area contributed by atoms with Gasteiger partial charge >= 0.3 is 5.97 Å². The number of ether oxygens (including phenoxy) is 2. The molecule has 0 saturated carbocycles. The largest absolute Gasteiger partial charge is 0.457 e. The van der Waals surface area contributed by atoms with E-state index in [4.69, 9.17) is 9.47 Å². The first-order valence-corrected chi connectivity index (χ1v) is 19.5. The van der Waals surface area contributed by atoms with E-state index in [2.05, 4.69) is 86.8 Å². The molecule has 1 unspecified atom stereocenters. The number of unbranched alkanes of at least 4 members (excludes halogenated alkanes) is 15. The molecular formula is C43H74O4. The molecule has 0 aromatic rings. The Morgan fingerprint density at radius 1 is 0.532 bits per heavy atom. The molecule has 4 nitrogen and oxygen atoms in total. The van der Waals surface area contributed by atoms with Gasteiger partial charge in [0, 0.05) is 13.0 Å². The number of carbonyl (C=O) groups is 1. The second kappa shape index (κ2) is 40.0. The van der Waals surface area contributed by atoms with E-state index in [-0.39, 0.29) is 19.2 Å². The standard InChI is InChI=1S/C43H74O4/c1-3-5-7-9-11-13-15-17-18-19-20-21-22-23-24-25-27-29-31-33-35-37-39-46-41-42(40-44)47-43(45)38-36-34-32-30-28-26-16-14-12-10-8-6-4-2/h5,7,11,13,17-18,20-21,23-24,27,29,42,44H,3-4,6,8-10,12,14-16,19,22,25-26,28,30-41H2,1-2H3/b7-5-,13-11-,18-17-,21-20-,24-23-,29-27-. The van der Waals surface area contributed by atoms with Gasteiger partial charge in [-0.1, -0.05) is 170 Å². The summed E-state index contributed by atoms with van der Waals surface area (Å²) in [7, 11) is 0. The molecule has 0 saturated heterocycles. The van der Waals surface area contributed by atoms with Crippen LogP contribution in [-0.2, 0) is 14.3 Å². The Morgan fingerprint density at radius 3 is 1.43 bits per heavy atom. The van der Waals surface area contributed by atoms with E-state index in [1.165, 1.54) is 70.6 Å². The second-order valence-electron chi connectivity index (χ2n) is 12.6. The van der Waals surface area contributed by atoms with Crippen molar-refractivity contribution in [3.63, 3.8) is 0 Å². The minimum atomic E-state index is -0.552. The molecule has 0 radical (unpaired) electrons. The van der Waals surface area contributed by atoms with E-state index in [1.807, 2.05) is 0 Å². The molecule has 0 aliphatic carbocycles. The minimum Gasteiger partial charge on any atom is -0.457 e. The monoisotopic (exact) mass is 655 g/mol. The van der Waals surface area contributed by atoms with Gasteiger partial charge in [-0.25, -0.2) is 0 Å². The summed E-state index contributed by atoms with van der Waals surface area (Å²) in [6.45, 7) is 5.15. The normalized spacial score (nSPS) is 13.2. The Kier molecular flexibility index (Phi) is 38.2. The van der Waals surface area contributed by atoms with Crippen molar-refractivity contribution in [2.75, 3.05) is 19.8 Å². The fourth-order valence-corrected chi connectivity index (χ4v) is 5.15. The van der Waals surface area contributed by atoms with Crippen molar-refractivity contribution < 1.29 is 19.4 Å². The highest BCUT2D eigenvalue weighted by molar-refractivity contribution is 5.69. The van der Waals surface area contributed by atoms with E-state index in [0.29, 0.717) is 13.0 Å². The first kappa shape index (κ1) is 44.8. The molecule has 1 N–H and O–H groups in total. The summed E-state index contributed by atoms with van der Waals surface area (Å²) >= 11 is 0. The van der Waals surface area contributed by atoms with Crippen molar-refractivity contribution in [2.24, 2.45) is 0 Å². The Balaban J connectivity index is 3.56. The zero-order chi connectivity index (χ0) is 34.1. The van der Waals surface area contributed by atoms with Crippen LogP contribution in [0.2, 0.25) is 0 Å². The number of hydrogen-bond acceptors (Lipinski definition) is 4. The smallest absolute Gasteiger partial charge is 0.306 e. The van der Waals surface area contributed by atoms with E-state index in [1.54, 1.807) is 0 Å². The van der Waals surface area contributed by atoms with Crippen molar-refractivity contribution in [3.05, 3.63) is 72.9 Å². The van der Waals surface area contributed by atoms with E-state index < -0.39 is 6.10 Å². The molecule has 0 aliphatic heterocycles. The zero-order valence-corrected chi connectivity index (χ0v) is 30.8. The van der Waals surface area contributed by atoms with Crippen LogP contribution < -0.4 is 0 Å². The summed E-state index contributed by atoms with van der Waals surface area (Å²) in [5.74, 6) is -0.216. The molecule has 0 fully saturated rings. The molecule has 47 heavy (non-hydrogen) atoms. The van der Waals surface area contributed by atoms with Crippen molar-refractivity contribution in [2.45, 2.75) is 174 Å². The maximum Gasteiger partial charge on any atom is 0.306 e. The lowest BCUT2D eigenvalue weighted by Crippen LogP contribution is -2.27. The molecule has 0 bridgehead atoms. The molecule has 0 amide bonds. The van der Waals surface area contributed by atoms with Gasteiger partial charge in [0.25, 0.3) is 0 Å². The van der Waals surface area contributed by atoms with Crippen molar-refractivity contribution in [1.29, 1.82) is 0 Å². The zero-order valence-electron chi connectivity index (χ0n) is 30.8. The Morgan fingerprint density at radius 2 is 0.957 bits per heavy atom. The van der Waals surface area contributed by atoms with E-state index >= 15 is 0 Å². The molecule has 0 rings (SSSR count). The van der Waals surface area contributed by atoms with Crippen LogP contribution in [0.4, 0.5) is 0 Å². The number of esters is 1. The van der Waals surface area contributed by atoms with Gasteiger partial charge < -0.3 is 14.6 Å². The summed E-state index contributed by atoms with van der Waals surface area (Å²) < 4.78 is 11.1. The van der Waals surface area contributed by atoms with Crippen LogP contribution in [0.15, 0.2) is 72.9 Å². The summed E-state index contributed by atoms with van der Waals surface area (Å²) in [4.78, 5) is 12.1. The number of carbonyl (C=O) groups excluding carboxylic acids is 1. The van der Waals surface area contributed by atoms with Gasteiger partial charge in [-0.05, 0) is 64.2 Å². The quantitative estimate of drug-likeness (QED) is 0.0420. The SMILES string of the molecule is CC/C=C\C/C=C\C/C=C\C/C=C\C/C=C\C/C=C\CCCCCOCC(CO)OC(=O)CCCCCCCCCCCCCCC. The van der Waals surface area contributed by atoms with Crippen LogP contribution in [0.3, 0.4) is 0 Å². The average molecular weight is 655 g/mol. The molecule has 0 spiro atoms. The highest BCUT2D eigenvalue weighted by Gasteiger charge is 2.13. The Bertz CT molecular complexity index is 820. The maximum absolute atomic E-state index is 12.1. The van der Waals surface area contributed by atoms with Crippen LogP contribution in [0.1, 0.15) is 168 Å². The summed E-state index contributed by atoms with van der Waals surface area (Å²) in [6, 6.07) is 0. The van der Waals surface area contributed by atoms with E-state index in [0.717, 1.165) is 77.0 Å². The molecule has 0 heterocycles. The van der Waals surface area contributed by atoms with Gasteiger partial charge in [-0.3, -0.25) is 4.79 Å². The van der Waals surface area contributed by atoms with Crippen molar-refractivity contribution >= 4 is 5.97 Å².